The van der Waals surface area contributed by atoms with Crippen LogP contribution in [0, 0.1) is 0 Å². The van der Waals surface area contributed by atoms with Crippen molar-refractivity contribution in [3.63, 3.8) is 0 Å². The van der Waals surface area contributed by atoms with Crippen LogP contribution in [0.2, 0.25) is 5.02 Å². The monoisotopic (exact) mass is 330 g/mol. The summed E-state index contributed by atoms with van der Waals surface area (Å²) < 4.78 is 2.55. The maximum atomic E-state index is 12.1. The van der Waals surface area contributed by atoms with Crippen molar-refractivity contribution in [1.29, 1.82) is 0 Å². The van der Waals surface area contributed by atoms with Gasteiger partial charge in [-0.25, -0.2) is 9.48 Å². The Balaban J connectivity index is 1.72. The minimum absolute atomic E-state index is 0.127. The van der Waals surface area contributed by atoms with Crippen LogP contribution in [0.4, 0.5) is 0 Å². The van der Waals surface area contributed by atoms with Crippen LogP contribution < -0.4 is 11.0 Å². The van der Waals surface area contributed by atoms with Gasteiger partial charge in [0.05, 0.1) is 6.04 Å². The van der Waals surface area contributed by atoms with Gasteiger partial charge in [-0.3, -0.25) is 9.20 Å². The van der Waals surface area contributed by atoms with E-state index < -0.39 is 0 Å². The molecule has 2 aromatic heterocycles. The van der Waals surface area contributed by atoms with Gasteiger partial charge >= 0.3 is 5.69 Å². The topological polar surface area (TPSA) is 68.4 Å². The van der Waals surface area contributed by atoms with Crippen LogP contribution in [0.15, 0.2) is 53.5 Å². The van der Waals surface area contributed by atoms with E-state index in [-0.39, 0.29) is 24.2 Å². The summed E-state index contributed by atoms with van der Waals surface area (Å²) in [5.41, 5.74) is 1.11. The lowest BCUT2D eigenvalue weighted by molar-refractivity contribution is -0.122. The Morgan fingerprint density at radius 1 is 1.26 bits per heavy atom. The molecule has 1 aromatic carbocycles. The number of carbonyl (C=O) groups excluding carboxylic acids is 1. The van der Waals surface area contributed by atoms with E-state index in [0.29, 0.717) is 10.7 Å². The van der Waals surface area contributed by atoms with Gasteiger partial charge in [-0.15, -0.1) is 5.10 Å². The molecule has 0 fully saturated rings. The quantitative estimate of drug-likeness (QED) is 0.795. The summed E-state index contributed by atoms with van der Waals surface area (Å²) in [5, 5.41) is 7.62. The first-order valence-corrected chi connectivity index (χ1v) is 7.51. The van der Waals surface area contributed by atoms with Crippen molar-refractivity contribution in [2.24, 2.45) is 0 Å². The molecule has 1 amide bonds. The standard InChI is InChI=1S/C16H15ClN4O2/c1-11(12-5-7-13(17)8-6-12)18-15(22)10-21-16(23)20-9-3-2-4-14(20)19-21/h2-9,11H,10H2,1H3,(H,18,22)/t11-/m0/s1. The fraction of sp³-hybridized carbons (Fsp3) is 0.188. The average Bonchev–Trinajstić information content (AvgIpc) is 2.84. The number of benzene rings is 1. The summed E-state index contributed by atoms with van der Waals surface area (Å²) >= 11 is 5.85. The molecule has 3 aromatic rings. The van der Waals surface area contributed by atoms with Crippen molar-refractivity contribution in [3.8, 4) is 0 Å². The Labute approximate surface area is 137 Å². The van der Waals surface area contributed by atoms with Crippen LogP contribution in [0.25, 0.3) is 5.65 Å². The molecule has 1 atom stereocenters. The highest BCUT2D eigenvalue weighted by molar-refractivity contribution is 6.30. The fourth-order valence-electron chi connectivity index (χ4n) is 2.33. The van der Waals surface area contributed by atoms with Gasteiger partial charge in [0.15, 0.2) is 5.65 Å². The normalized spacial score (nSPS) is 12.3. The highest BCUT2D eigenvalue weighted by Gasteiger charge is 2.13. The molecule has 6 nitrogen and oxygen atoms in total. The number of hydrogen-bond donors (Lipinski definition) is 1. The Kier molecular flexibility index (Phi) is 4.16. The zero-order valence-corrected chi connectivity index (χ0v) is 13.2. The maximum absolute atomic E-state index is 12.1. The number of carbonyl (C=O) groups is 1. The predicted octanol–water partition coefficient (Wildman–Crippen LogP) is 2.03. The lowest BCUT2D eigenvalue weighted by atomic mass is 10.1. The molecule has 0 unspecified atom stereocenters. The number of pyridine rings is 1. The first-order chi connectivity index (χ1) is 11.0. The van der Waals surface area contributed by atoms with Gasteiger partial charge in [-0.05, 0) is 36.8 Å². The van der Waals surface area contributed by atoms with E-state index in [2.05, 4.69) is 10.4 Å². The van der Waals surface area contributed by atoms with Crippen molar-refractivity contribution in [3.05, 3.63) is 69.7 Å². The van der Waals surface area contributed by atoms with E-state index in [1.807, 2.05) is 19.1 Å². The second-order valence-electron chi connectivity index (χ2n) is 5.21. The molecule has 7 heteroatoms. The van der Waals surface area contributed by atoms with Crippen LogP contribution in [0.3, 0.4) is 0 Å². The van der Waals surface area contributed by atoms with E-state index in [4.69, 9.17) is 11.6 Å². The van der Waals surface area contributed by atoms with Gasteiger partial charge in [0.25, 0.3) is 0 Å². The molecule has 0 bridgehead atoms. The number of nitrogens with zero attached hydrogens (tertiary/aromatic N) is 3. The number of amides is 1. The molecule has 2 heterocycles. The van der Waals surface area contributed by atoms with Crippen molar-refractivity contribution >= 4 is 23.2 Å². The van der Waals surface area contributed by atoms with Crippen LogP contribution in [0.1, 0.15) is 18.5 Å². The number of fused-ring (bicyclic) bond motifs is 1. The van der Waals surface area contributed by atoms with E-state index in [1.54, 1.807) is 36.5 Å². The molecule has 3 rings (SSSR count). The van der Waals surface area contributed by atoms with Crippen LogP contribution >= 0.6 is 11.6 Å². The highest BCUT2D eigenvalue weighted by Crippen LogP contribution is 2.15. The van der Waals surface area contributed by atoms with Crippen molar-refractivity contribution in [2.75, 3.05) is 0 Å². The maximum Gasteiger partial charge on any atom is 0.350 e. The molecule has 0 saturated heterocycles. The number of halogens is 1. The Bertz CT molecular complexity index is 898. The molecule has 0 spiro atoms. The van der Waals surface area contributed by atoms with Crippen molar-refractivity contribution < 1.29 is 4.79 Å². The molecule has 118 valence electrons. The largest absolute Gasteiger partial charge is 0.350 e. The highest BCUT2D eigenvalue weighted by atomic mass is 35.5. The van der Waals surface area contributed by atoms with Gasteiger partial charge in [-0.2, -0.15) is 0 Å². The lowest BCUT2D eigenvalue weighted by Gasteiger charge is -2.14. The molecule has 0 aliphatic carbocycles. The smallest absolute Gasteiger partial charge is 0.348 e. The Morgan fingerprint density at radius 3 is 2.70 bits per heavy atom. The molecule has 0 aliphatic heterocycles. The summed E-state index contributed by atoms with van der Waals surface area (Å²) in [5.74, 6) is -0.280. The summed E-state index contributed by atoms with van der Waals surface area (Å²) in [7, 11) is 0. The lowest BCUT2D eigenvalue weighted by Crippen LogP contribution is -2.34. The summed E-state index contributed by atoms with van der Waals surface area (Å²) in [6, 6.07) is 12.3. The van der Waals surface area contributed by atoms with Gasteiger partial charge < -0.3 is 5.32 Å². The summed E-state index contributed by atoms with van der Waals surface area (Å²) in [6.45, 7) is 1.74. The third-order valence-corrected chi connectivity index (χ3v) is 3.78. The molecular formula is C16H15ClN4O2. The number of hydrogen-bond acceptors (Lipinski definition) is 3. The fourth-order valence-corrected chi connectivity index (χ4v) is 2.46. The Hall–Kier alpha value is -2.60. The number of aromatic nitrogens is 3. The van der Waals surface area contributed by atoms with Gasteiger partial charge in [0.1, 0.15) is 6.54 Å². The summed E-state index contributed by atoms with van der Waals surface area (Å²) in [6.07, 6.45) is 1.62. The van der Waals surface area contributed by atoms with E-state index in [0.717, 1.165) is 10.2 Å². The van der Waals surface area contributed by atoms with Crippen molar-refractivity contribution in [2.45, 2.75) is 19.5 Å². The van der Waals surface area contributed by atoms with Crippen molar-refractivity contribution in [1.82, 2.24) is 19.5 Å². The van der Waals surface area contributed by atoms with Crippen LogP contribution in [-0.2, 0) is 11.3 Å². The third-order valence-electron chi connectivity index (χ3n) is 3.53. The van der Waals surface area contributed by atoms with E-state index in [9.17, 15) is 9.59 Å². The second kappa shape index (κ2) is 6.26. The van der Waals surface area contributed by atoms with E-state index >= 15 is 0 Å². The molecule has 23 heavy (non-hydrogen) atoms. The third kappa shape index (κ3) is 3.27. The zero-order valence-electron chi connectivity index (χ0n) is 12.4. The Morgan fingerprint density at radius 2 is 2.00 bits per heavy atom. The number of rotatable bonds is 4. The van der Waals surface area contributed by atoms with Crippen LogP contribution in [0.5, 0.6) is 0 Å². The molecular weight excluding hydrogens is 316 g/mol. The molecule has 0 saturated carbocycles. The SMILES string of the molecule is C[C@H](NC(=O)Cn1nc2ccccn2c1=O)c1ccc(Cl)cc1. The van der Waals surface area contributed by atoms with Gasteiger partial charge in [-0.1, -0.05) is 29.8 Å². The first kappa shape index (κ1) is 15.3. The second-order valence-corrected chi connectivity index (χ2v) is 5.65. The van der Waals surface area contributed by atoms with Gasteiger partial charge in [0.2, 0.25) is 5.91 Å². The molecule has 1 N–H and O–H groups in total. The minimum Gasteiger partial charge on any atom is -0.348 e. The minimum atomic E-state index is -0.338. The average molecular weight is 331 g/mol. The predicted molar refractivity (Wildman–Crippen MR) is 87.5 cm³/mol. The van der Waals surface area contributed by atoms with Gasteiger partial charge in [0, 0.05) is 11.2 Å². The number of nitrogens with one attached hydrogen (secondary N) is 1. The zero-order chi connectivity index (χ0) is 16.4. The molecule has 0 aliphatic rings. The first-order valence-electron chi connectivity index (χ1n) is 7.13. The van der Waals surface area contributed by atoms with Crippen LogP contribution in [-0.4, -0.2) is 20.1 Å². The molecule has 0 radical (unpaired) electrons. The van der Waals surface area contributed by atoms with E-state index in [1.165, 1.54) is 4.40 Å². The summed E-state index contributed by atoms with van der Waals surface area (Å²) in [4.78, 5) is 24.3.